The molecule has 1 saturated heterocycles. The number of fused-ring (bicyclic) bond motifs is 2. The van der Waals surface area contributed by atoms with Crippen LogP contribution in [0.3, 0.4) is 0 Å². The Bertz CT molecular complexity index is 456. The summed E-state index contributed by atoms with van der Waals surface area (Å²) >= 11 is 0. The summed E-state index contributed by atoms with van der Waals surface area (Å²) in [4.78, 5) is 36.0. The van der Waals surface area contributed by atoms with Gasteiger partial charge in [-0.2, -0.15) is 0 Å². The number of carbonyl (C=O) groups excluding carboxylic acids is 3. The lowest BCUT2D eigenvalue weighted by molar-refractivity contribution is -0.160. The molecule has 2 fully saturated rings. The molecule has 1 heterocycles. The predicted molar refractivity (Wildman–Crippen MR) is 61.1 cm³/mol. The summed E-state index contributed by atoms with van der Waals surface area (Å²) in [6.45, 7) is 0. The maximum Gasteiger partial charge on any atom is 0.310 e. The van der Waals surface area contributed by atoms with Crippen LogP contribution in [0.15, 0.2) is 12.2 Å². The molecule has 1 saturated carbocycles. The number of likely N-dealkylation sites (N-methyl/N-ethyl adjacent to an activating group) is 1. The van der Waals surface area contributed by atoms with Crippen molar-refractivity contribution in [2.24, 2.45) is 17.8 Å². The Morgan fingerprint density at radius 2 is 2.11 bits per heavy atom. The molecule has 0 aromatic heterocycles. The molecule has 0 unspecified atom stereocenters. The average molecular weight is 249 g/mol. The van der Waals surface area contributed by atoms with Gasteiger partial charge in [0.25, 0.3) is 5.91 Å². The number of hydrogen-bond acceptors (Lipinski definition) is 4. The van der Waals surface area contributed by atoms with Gasteiger partial charge in [-0.25, -0.2) is 0 Å². The van der Waals surface area contributed by atoms with Gasteiger partial charge in [0.2, 0.25) is 5.91 Å². The highest BCUT2D eigenvalue weighted by molar-refractivity contribution is 6.05. The van der Waals surface area contributed by atoms with Crippen molar-refractivity contribution in [2.45, 2.75) is 25.4 Å². The normalized spacial score (nSPS) is 37.7. The Morgan fingerprint density at radius 3 is 2.61 bits per heavy atom. The molecule has 4 atom stereocenters. The lowest BCUT2D eigenvalue weighted by atomic mass is 9.94. The fourth-order valence-electron chi connectivity index (χ4n) is 3.09. The van der Waals surface area contributed by atoms with E-state index in [4.69, 9.17) is 4.74 Å². The summed E-state index contributed by atoms with van der Waals surface area (Å²) in [5.74, 6) is -0.414. The van der Waals surface area contributed by atoms with Crippen molar-refractivity contribution in [1.82, 2.24) is 4.90 Å². The van der Waals surface area contributed by atoms with Gasteiger partial charge in [-0.05, 0) is 24.7 Å². The van der Waals surface area contributed by atoms with Gasteiger partial charge in [0.05, 0.1) is 12.3 Å². The zero-order valence-corrected chi connectivity index (χ0v) is 10.2. The molecule has 2 aliphatic carbocycles. The van der Waals surface area contributed by atoms with E-state index in [2.05, 4.69) is 12.2 Å². The number of rotatable bonds is 2. The van der Waals surface area contributed by atoms with Crippen molar-refractivity contribution in [3.05, 3.63) is 12.2 Å². The van der Waals surface area contributed by atoms with Gasteiger partial charge in [-0.1, -0.05) is 12.2 Å². The SMILES string of the molecule is CN1C(=O)C[C@H](OC(=O)[C@@H]2C[C@@H]3C=C[C@H]2C3)C1=O. The van der Waals surface area contributed by atoms with Crippen LogP contribution in [0, 0.1) is 17.8 Å². The molecule has 0 radical (unpaired) electrons. The molecule has 1 aliphatic heterocycles. The third-order valence-electron chi connectivity index (χ3n) is 4.18. The second-order valence-electron chi connectivity index (χ2n) is 5.31. The van der Waals surface area contributed by atoms with E-state index in [-0.39, 0.29) is 30.1 Å². The van der Waals surface area contributed by atoms with E-state index in [1.165, 1.54) is 7.05 Å². The van der Waals surface area contributed by atoms with E-state index < -0.39 is 12.0 Å². The molecule has 2 bridgehead atoms. The zero-order valence-electron chi connectivity index (χ0n) is 10.2. The summed E-state index contributed by atoms with van der Waals surface area (Å²) in [5, 5.41) is 0. The molecule has 0 spiro atoms. The van der Waals surface area contributed by atoms with Gasteiger partial charge in [-0.15, -0.1) is 0 Å². The van der Waals surface area contributed by atoms with E-state index in [9.17, 15) is 14.4 Å². The van der Waals surface area contributed by atoms with Crippen LogP contribution >= 0.6 is 0 Å². The first-order valence-corrected chi connectivity index (χ1v) is 6.25. The second-order valence-corrected chi connectivity index (χ2v) is 5.31. The van der Waals surface area contributed by atoms with Gasteiger partial charge in [-0.3, -0.25) is 19.3 Å². The van der Waals surface area contributed by atoms with Gasteiger partial charge in [0.15, 0.2) is 6.10 Å². The van der Waals surface area contributed by atoms with Crippen molar-refractivity contribution in [2.75, 3.05) is 7.05 Å². The van der Waals surface area contributed by atoms with Crippen LogP contribution < -0.4 is 0 Å². The van der Waals surface area contributed by atoms with Crippen LogP contribution in [0.5, 0.6) is 0 Å². The molecule has 0 aromatic rings. The first kappa shape index (κ1) is 11.4. The fraction of sp³-hybridized carbons (Fsp3) is 0.615. The first-order valence-electron chi connectivity index (χ1n) is 6.25. The van der Waals surface area contributed by atoms with Crippen LogP contribution in [-0.2, 0) is 19.1 Å². The minimum absolute atomic E-state index is 0.0161. The Kier molecular flexibility index (Phi) is 2.50. The summed E-state index contributed by atoms with van der Waals surface area (Å²) in [6.07, 6.45) is 5.11. The minimum atomic E-state index is -0.905. The molecule has 0 aromatic carbocycles. The van der Waals surface area contributed by atoms with Crippen molar-refractivity contribution < 1.29 is 19.1 Å². The fourth-order valence-corrected chi connectivity index (χ4v) is 3.09. The van der Waals surface area contributed by atoms with Gasteiger partial charge in [0, 0.05) is 7.05 Å². The van der Waals surface area contributed by atoms with Crippen LogP contribution in [0.4, 0.5) is 0 Å². The Morgan fingerprint density at radius 1 is 1.33 bits per heavy atom. The van der Waals surface area contributed by atoms with Gasteiger partial charge in [0.1, 0.15) is 0 Å². The summed E-state index contributed by atoms with van der Waals surface area (Å²) in [7, 11) is 1.42. The Labute approximate surface area is 105 Å². The Balaban J connectivity index is 1.64. The first-order chi connectivity index (χ1) is 8.56. The lowest BCUT2D eigenvalue weighted by Gasteiger charge is -2.18. The summed E-state index contributed by atoms with van der Waals surface area (Å²) < 4.78 is 5.22. The number of nitrogens with zero attached hydrogens (tertiary/aromatic N) is 1. The van der Waals surface area contributed by atoms with Crippen molar-refractivity contribution >= 4 is 17.8 Å². The third kappa shape index (κ3) is 1.65. The van der Waals surface area contributed by atoms with E-state index in [1.54, 1.807) is 0 Å². The van der Waals surface area contributed by atoms with Crippen LogP contribution in [-0.4, -0.2) is 35.8 Å². The summed E-state index contributed by atoms with van der Waals surface area (Å²) in [5.41, 5.74) is 0. The third-order valence-corrected chi connectivity index (χ3v) is 4.18. The molecule has 3 rings (SSSR count). The van der Waals surface area contributed by atoms with Gasteiger partial charge >= 0.3 is 5.97 Å². The highest BCUT2D eigenvalue weighted by Crippen LogP contribution is 2.44. The lowest BCUT2D eigenvalue weighted by Crippen LogP contribution is -2.33. The number of ether oxygens (including phenoxy) is 1. The largest absolute Gasteiger partial charge is 0.451 e. The van der Waals surface area contributed by atoms with Crippen molar-refractivity contribution in [3.63, 3.8) is 0 Å². The monoisotopic (exact) mass is 249 g/mol. The van der Waals surface area contributed by atoms with Crippen LogP contribution in [0.2, 0.25) is 0 Å². The molecule has 2 amide bonds. The average Bonchev–Trinajstić information content (AvgIpc) is 3.02. The van der Waals surface area contributed by atoms with E-state index in [1.807, 2.05) is 0 Å². The van der Waals surface area contributed by atoms with E-state index in [0.29, 0.717) is 5.92 Å². The smallest absolute Gasteiger partial charge is 0.310 e. The molecule has 96 valence electrons. The molecular formula is C13H15NO4. The number of imide groups is 1. The number of hydrogen-bond donors (Lipinski definition) is 0. The molecule has 3 aliphatic rings. The topological polar surface area (TPSA) is 63.7 Å². The summed E-state index contributed by atoms with van der Waals surface area (Å²) in [6, 6.07) is 0. The maximum absolute atomic E-state index is 12.0. The molecular weight excluding hydrogens is 234 g/mol. The molecule has 0 N–H and O–H groups in total. The number of amides is 2. The number of carbonyl (C=O) groups is 3. The van der Waals surface area contributed by atoms with Crippen LogP contribution in [0.25, 0.3) is 0 Å². The van der Waals surface area contributed by atoms with E-state index >= 15 is 0 Å². The van der Waals surface area contributed by atoms with Crippen molar-refractivity contribution in [1.29, 1.82) is 0 Å². The van der Waals surface area contributed by atoms with Gasteiger partial charge < -0.3 is 4.74 Å². The number of esters is 1. The maximum atomic E-state index is 12.0. The van der Waals surface area contributed by atoms with Crippen molar-refractivity contribution in [3.8, 4) is 0 Å². The molecule has 5 nitrogen and oxygen atoms in total. The quantitative estimate of drug-likeness (QED) is 0.406. The van der Waals surface area contributed by atoms with Crippen LogP contribution in [0.1, 0.15) is 19.3 Å². The van der Waals surface area contributed by atoms with E-state index in [0.717, 1.165) is 17.7 Å². The second kappa shape index (κ2) is 3.93. The minimum Gasteiger partial charge on any atom is -0.451 e. The highest BCUT2D eigenvalue weighted by atomic mass is 16.5. The molecule has 18 heavy (non-hydrogen) atoms. The highest BCUT2D eigenvalue weighted by Gasteiger charge is 2.44. The molecule has 5 heteroatoms. The zero-order chi connectivity index (χ0) is 12.9. The number of likely N-dealkylation sites (tertiary alicyclic amines) is 1. The Hall–Kier alpha value is -1.65. The number of allylic oxidation sites excluding steroid dienone is 2. The predicted octanol–water partition coefficient (Wildman–Crippen LogP) is 0.499. The standard InChI is InChI=1S/C13H15NO4/c1-14-11(15)6-10(12(14)16)18-13(17)9-5-7-2-3-8(9)4-7/h2-3,7-10H,4-6H2,1H3/t7-,8+,9-,10+/m1/s1.